The molecule has 2 heterocycles. The van der Waals surface area contributed by atoms with Crippen LogP contribution in [-0.4, -0.2) is 22.3 Å². The first-order chi connectivity index (χ1) is 13.5. The van der Waals surface area contributed by atoms with Gasteiger partial charge in [0.2, 0.25) is 0 Å². The summed E-state index contributed by atoms with van der Waals surface area (Å²) in [7, 11) is 0. The third-order valence-electron chi connectivity index (χ3n) is 4.98. The standard InChI is InChI=1S/C24H29N3O/c1-18(15-20(3)26-24(28)23-13-8-10-19(2)25-23)9-6-7-14-27-16-21-11-4-5-12-22(21)17-27/h4-5,8-13H,3,6-7,14-17H2,1-2H3,(H,26,28). The fourth-order valence-electron chi connectivity index (χ4n) is 3.57. The number of benzene rings is 1. The molecule has 1 amide bonds. The summed E-state index contributed by atoms with van der Waals surface area (Å²) in [6.07, 6.45) is 5.11. The third-order valence-corrected chi connectivity index (χ3v) is 4.98. The average molecular weight is 376 g/mol. The summed E-state index contributed by atoms with van der Waals surface area (Å²) < 4.78 is 0. The Morgan fingerprint density at radius 3 is 2.57 bits per heavy atom. The number of aromatic nitrogens is 1. The van der Waals surface area contributed by atoms with Crippen LogP contribution in [-0.2, 0) is 13.1 Å². The molecule has 146 valence electrons. The topological polar surface area (TPSA) is 45.2 Å². The maximum atomic E-state index is 12.2. The van der Waals surface area contributed by atoms with Gasteiger partial charge >= 0.3 is 0 Å². The van der Waals surface area contributed by atoms with Gasteiger partial charge in [0, 0.05) is 30.9 Å². The highest BCUT2D eigenvalue weighted by Crippen LogP contribution is 2.22. The number of hydrogen-bond acceptors (Lipinski definition) is 3. The number of fused-ring (bicyclic) bond motifs is 1. The van der Waals surface area contributed by atoms with Crippen LogP contribution in [0.5, 0.6) is 0 Å². The van der Waals surface area contributed by atoms with Gasteiger partial charge in [0.1, 0.15) is 5.69 Å². The van der Waals surface area contributed by atoms with Gasteiger partial charge in [-0.1, -0.05) is 48.6 Å². The number of allylic oxidation sites excluding steroid dienone is 2. The summed E-state index contributed by atoms with van der Waals surface area (Å²) in [6, 6.07) is 14.1. The van der Waals surface area contributed by atoms with E-state index in [0.29, 0.717) is 17.8 Å². The van der Waals surface area contributed by atoms with Crippen molar-refractivity contribution < 1.29 is 4.79 Å². The Balaban J connectivity index is 1.37. The van der Waals surface area contributed by atoms with Crippen molar-refractivity contribution in [1.82, 2.24) is 15.2 Å². The van der Waals surface area contributed by atoms with Gasteiger partial charge < -0.3 is 5.32 Å². The highest BCUT2D eigenvalue weighted by Gasteiger charge is 2.17. The predicted molar refractivity (Wildman–Crippen MR) is 114 cm³/mol. The lowest BCUT2D eigenvalue weighted by molar-refractivity contribution is 0.0960. The van der Waals surface area contributed by atoms with Gasteiger partial charge in [0.25, 0.3) is 5.91 Å². The van der Waals surface area contributed by atoms with Crippen molar-refractivity contribution in [1.29, 1.82) is 0 Å². The van der Waals surface area contributed by atoms with Crippen LogP contribution in [0.25, 0.3) is 0 Å². The molecule has 0 aliphatic carbocycles. The van der Waals surface area contributed by atoms with E-state index in [9.17, 15) is 4.79 Å². The zero-order valence-corrected chi connectivity index (χ0v) is 16.9. The van der Waals surface area contributed by atoms with E-state index in [2.05, 4.69) is 59.0 Å². The zero-order chi connectivity index (χ0) is 19.9. The van der Waals surface area contributed by atoms with Crippen molar-refractivity contribution in [2.24, 2.45) is 0 Å². The van der Waals surface area contributed by atoms with Crippen LogP contribution in [0.15, 0.2) is 66.4 Å². The SMILES string of the molecule is C=C(CC(C)=CCCCN1Cc2ccccc2C1)NC(=O)c1cccc(C)n1. The number of unbranched alkanes of at least 4 members (excludes halogenated alkanes) is 1. The van der Waals surface area contributed by atoms with E-state index in [1.54, 1.807) is 6.07 Å². The Hall–Kier alpha value is -2.72. The first-order valence-electron chi connectivity index (χ1n) is 9.89. The van der Waals surface area contributed by atoms with Crippen LogP contribution in [0, 0.1) is 6.92 Å². The van der Waals surface area contributed by atoms with E-state index in [0.717, 1.165) is 38.2 Å². The Morgan fingerprint density at radius 2 is 1.89 bits per heavy atom. The van der Waals surface area contributed by atoms with Crippen molar-refractivity contribution >= 4 is 5.91 Å². The number of carbonyl (C=O) groups is 1. The van der Waals surface area contributed by atoms with Gasteiger partial charge in [-0.2, -0.15) is 0 Å². The maximum absolute atomic E-state index is 12.2. The molecule has 3 rings (SSSR count). The Kier molecular flexibility index (Phi) is 6.77. The van der Waals surface area contributed by atoms with Gasteiger partial charge in [-0.25, -0.2) is 4.98 Å². The zero-order valence-electron chi connectivity index (χ0n) is 16.9. The highest BCUT2D eigenvalue weighted by atomic mass is 16.1. The number of pyridine rings is 1. The van der Waals surface area contributed by atoms with E-state index in [4.69, 9.17) is 0 Å². The maximum Gasteiger partial charge on any atom is 0.273 e. The first kappa shape index (κ1) is 20.0. The lowest BCUT2D eigenvalue weighted by Crippen LogP contribution is -2.23. The van der Waals surface area contributed by atoms with Gasteiger partial charge in [0.15, 0.2) is 0 Å². The summed E-state index contributed by atoms with van der Waals surface area (Å²) in [5.41, 5.74) is 6.11. The fourth-order valence-corrected chi connectivity index (χ4v) is 3.57. The molecule has 0 radical (unpaired) electrons. The van der Waals surface area contributed by atoms with Crippen LogP contribution in [0.2, 0.25) is 0 Å². The van der Waals surface area contributed by atoms with E-state index < -0.39 is 0 Å². The van der Waals surface area contributed by atoms with E-state index in [1.165, 1.54) is 16.7 Å². The van der Waals surface area contributed by atoms with Crippen LogP contribution in [0.4, 0.5) is 0 Å². The Bertz CT molecular complexity index is 860. The second kappa shape index (κ2) is 9.47. The Morgan fingerprint density at radius 1 is 1.18 bits per heavy atom. The molecule has 1 N–H and O–H groups in total. The van der Waals surface area contributed by atoms with Crippen molar-refractivity contribution in [2.45, 2.75) is 46.2 Å². The first-order valence-corrected chi connectivity index (χ1v) is 9.89. The molecule has 0 bridgehead atoms. The van der Waals surface area contributed by atoms with Crippen LogP contribution < -0.4 is 5.32 Å². The highest BCUT2D eigenvalue weighted by molar-refractivity contribution is 5.93. The molecule has 4 nitrogen and oxygen atoms in total. The molecular formula is C24H29N3O. The smallest absolute Gasteiger partial charge is 0.273 e. The van der Waals surface area contributed by atoms with Gasteiger partial charge in [0.05, 0.1) is 0 Å². The minimum Gasteiger partial charge on any atom is -0.325 e. The molecule has 1 aliphatic heterocycles. The molecule has 0 saturated heterocycles. The largest absolute Gasteiger partial charge is 0.325 e. The number of nitrogens with zero attached hydrogens (tertiary/aromatic N) is 2. The molecule has 0 spiro atoms. The van der Waals surface area contributed by atoms with E-state index >= 15 is 0 Å². The number of aryl methyl sites for hydroxylation is 1. The normalized spacial score (nSPS) is 14.0. The lowest BCUT2D eigenvalue weighted by atomic mass is 10.1. The van der Waals surface area contributed by atoms with Crippen LogP contribution in [0.1, 0.15) is 53.5 Å². The number of hydrogen-bond donors (Lipinski definition) is 1. The minimum absolute atomic E-state index is 0.199. The molecule has 0 unspecified atom stereocenters. The molecular weight excluding hydrogens is 346 g/mol. The molecule has 1 aromatic heterocycles. The van der Waals surface area contributed by atoms with Crippen LogP contribution >= 0.6 is 0 Å². The molecule has 0 saturated carbocycles. The number of carbonyl (C=O) groups excluding carboxylic acids is 1. The lowest BCUT2D eigenvalue weighted by Gasteiger charge is -2.14. The summed E-state index contributed by atoms with van der Waals surface area (Å²) in [5, 5.41) is 2.85. The number of amides is 1. The van der Waals surface area contributed by atoms with E-state index in [-0.39, 0.29) is 5.91 Å². The molecule has 1 aromatic carbocycles. The third kappa shape index (κ3) is 5.64. The Labute approximate surface area is 168 Å². The summed E-state index contributed by atoms with van der Waals surface area (Å²) in [4.78, 5) is 19.0. The van der Waals surface area contributed by atoms with E-state index in [1.807, 2.05) is 19.1 Å². The molecule has 1 aliphatic rings. The molecule has 28 heavy (non-hydrogen) atoms. The van der Waals surface area contributed by atoms with Crippen molar-refractivity contribution in [3.05, 3.63) is 88.9 Å². The fraction of sp³-hybridized carbons (Fsp3) is 0.333. The monoisotopic (exact) mass is 375 g/mol. The van der Waals surface area contributed by atoms with Crippen molar-refractivity contribution in [3.8, 4) is 0 Å². The summed E-state index contributed by atoms with van der Waals surface area (Å²) >= 11 is 0. The van der Waals surface area contributed by atoms with Gasteiger partial charge in [-0.3, -0.25) is 9.69 Å². The molecule has 4 heteroatoms. The van der Waals surface area contributed by atoms with Crippen LogP contribution in [0.3, 0.4) is 0 Å². The molecule has 0 fully saturated rings. The number of rotatable bonds is 8. The predicted octanol–water partition coefficient (Wildman–Crippen LogP) is 4.77. The molecule has 0 atom stereocenters. The van der Waals surface area contributed by atoms with Crippen molar-refractivity contribution in [3.63, 3.8) is 0 Å². The average Bonchev–Trinajstić information content (AvgIpc) is 3.08. The second-order valence-electron chi connectivity index (χ2n) is 7.57. The van der Waals surface area contributed by atoms with Gasteiger partial charge in [-0.05, 0) is 56.5 Å². The number of nitrogens with one attached hydrogen (secondary N) is 1. The minimum atomic E-state index is -0.199. The summed E-state index contributed by atoms with van der Waals surface area (Å²) in [6.45, 7) is 11.2. The van der Waals surface area contributed by atoms with Crippen molar-refractivity contribution in [2.75, 3.05) is 6.54 Å². The van der Waals surface area contributed by atoms with Gasteiger partial charge in [-0.15, -0.1) is 0 Å². The second-order valence-corrected chi connectivity index (χ2v) is 7.57. The quantitative estimate of drug-likeness (QED) is 0.534. The molecule has 2 aromatic rings. The summed E-state index contributed by atoms with van der Waals surface area (Å²) in [5.74, 6) is -0.199.